The van der Waals surface area contributed by atoms with Crippen molar-refractivity contribution in [2.24, 2.45) is 0 Å². The molecule has 98 valence electrons. The molecule has 0 saturated carbocycles. The minimum Gasteiger partial charge on any atom is -0.207 e. The van der Waals surface area contributed by atoms with Gasteiger partial charge in [0.15, 0.2) is 0 Å². The lowest BCUT2D eigenvalue weighted by Crippen LogP contribution is -2.10. The highest BCUT2D eigenvalue weighted by Crippen LogP contribution is 2.25. The lowest BCUT2D eigenvalue weighted by Gasteiger charge is -2.17. The van der Waals surface area contributed by atoms with Gasteiger partial charge in [-0.2, -0.15) is 0 Å². The van der Waals surface area contributed by atoms with Crippen molar-refractivity contribution in [1.82, 2.24) is 0 Å². The Bertz CT molecular complexity index is 465. The summed E-state index contributed by atoms with van der Waals surface area (Å²) in [4.78, 5) is 0. The number of alkyl halides is 1. The molecule has 19 heavy (non-hydrogen) atoms. The molecule has 0 N–H and O–H groups in total. The first-order valence-corrected chi connectivity index (χ1v) is 7.83. The van der Waals surface area contributed by atoms with Crippen molar-refractivity contribution in [2.75, 3.05) is 5.88 Å². The first kappa shape index (κ1) is 14.2. The molecule has 0 aromatic heterocycles. The molecule has 0 nitrogen and oxygen atoms in total. The Morgan fingerprint density at radius 1 is 0.842 bits per heavy atom. The van der Waals surface area contributed by atoms with Crippen molar-refractivity contribution < 1.29 is 8.78 Å². The van der Waals surface area contributed by atoms with Gasteiger partial charge < -0.3 is 0 Å². The largest absolute Gasteiger partial charge is 0.207 e. The molecule has 0 aliphatic rings. The van der Waals surface area contributed by atoms with Crippen LogP contribution in [-0.2, 0) is 0 Å². The first-order valence-electron chi connectivity index (χ1n) is 6.01. The van der Waals surface area contributed by atoms with Crippen molar-refractivity contribution in [3.05, 3.63) is 71.3 Å². The minimum atomic E-state index is -0.248. The summed E-state index contributed by atoms with van der Waals surface area (Å²) in [6.45, 7) is 0. The third-order valence-electron chi connectivity index (χ3n) is 2.85. The minimum absolute atomic E-state index is 0.153. The molecule has 0 atom stereocenters. The van der Waals surface area contributed by atoms with Crippen molar-refractivity contribution in [3.63, 3.8) is 0 Å². The van der Waals surface area contributed by atoms with E-state index in [-0.39, 0.29) is 17.2 Å². The third-order valence-corrected chi connectivity index (χ3v) is 4.97. The van der Waals surface area contributed by atoms with Gasteiger partial charge in [0.2, 0.25) is 0 Å². The normalized spacial score (nSPS) is 10.9. The summed E-state index contributed by atoms with van der Waals surface area (Å²) in [6.07, 6.45) is 0. The Balaban J connectivity index is 2.29. The van der Waals surface area contributed by atoms with E-state index in [9.17, 15) is 8.78 Å². The van der Waals surface area contributed by atoms with Crippen LogP contribution < -0.4 is 0 Å². The van der Waals surface area contributed by atoms with Gasteiger partial charge in [0.1, 0.15) is 11.6 Å². The van der Waals surface area contributed by atoms with E-state index in [1.54, 1.807) is 24.3 Å². The fourth-order valence-corrected chi connectivity index (χ4v) is 3.52. The molecule has 4 heteroatoms. The van der Waals surface area contributed by atoms with Gasteiger partial charge in [0.05, 0.1) is 9.52 Å². The summed E-state index contributed by atoms with van der Waals surface area (Å²) >= 11 is 5.76. The molecule has 2 aromatic rings. The van der Waals surface area contributed by atoms with Gasteiger partial charge in [-0.05, 0) is 47.0 Å². The highest BCUT2D eigenvalue weighted by molar-refractivity contribution is 6.41. The van der Waals surface area contributed by atoms with Crippen LogP contribution in [0.15, 0.2) is 48.5 Å². The van der Waals surface area contributed by atoms with Gasteiger partial charge in [0, 0.05) is 5.88 Å². The molecule has 0 aliphatic carbocycles. The van der Waals surface area contributed by atoms with Crippen LogP contribution in [-0.4, -0.2) is 15.4 Å². The smallest absolute Gasteiger partial charge is 0.123 e. The van der Waals surface area contributed by atoms with Crippen molar-refractivity contribution in [2.45, 2.75) is 11.6 Å². The summed E-state index contributed by atoms with van der Waals surface area (Å²) < 4.78 is 26.0. The van der Waals surface area contributed by atoms with Crippen LogP contribution in [0.5, 0.6) is 0 Å². The molecule has 0 aliphatic heterocycles. The zero-order valence-electron chi connectivity index (χ0n) is 10.2. The Morgan fingerprint density at radius 3 is 1.63 bits per heavy atom. The number of rotatable bonds is 5. The predicted octanol–water partition coefficient (Wildman–Crippen LogP) is 4.42. The Kier molecular flexibility index (Phi) is 5.11. The standard InChI is InChI=1S/C15H13ClF2Si/c16-9-10-19-15(11-1-5-13(17)6-2-11)12-3-7-14(18)8-4-12/h1-8,15H,9-10H2. The molecule has 0 unspecified atom stereocenters. The SMILES string of the molecule is Fc1ccc(C([Si]CCCl)c2ccc(F)cc2)cc1. The van der Waals surface area contributed by atoms with Crippen LogP contribution in [0, 0.1) is 11.6 Å². The summed E-state index contributed by atoms with van der Waals surface area (Å²) in [6, 6.07) is 13.8. The van der Waals surface area contributed by atoms with Crippen LogP contribution in [0.2, 0.25) is 6.04 Å². The zero-order valence-corrected chi connectivity index (χ0v) is 12.0. The molecular weight excluding hydrogens is 282 g/mol. The van der Waals surface area contributed by atoms with E-state index in [1.165, 1.54) is 24.3 Å². The maximum absolute atomic E-state index is 13.0. The molecule has 2 aromatic carbocycles. The van der Waals surface area contributed by atoms with Crippen molar-refractivity contribution in [1.29, 1.82) is 0 Å². The Morgan fingerprint density at radius 2 is 1.26 bits per heavy atom. The van der Waals surface area contributed by atoms with E-state index >= 15 is 0 Å². The zero-order chi connectivity index (χ0) is 13.7. The Labute approximate surface area is 119 Å². The van der Waals surface area contributed by atoms with Crippen LogP contribution >= 0.6 is 11.6 Å². The van der Waals surface area contributed by atoms with Gasteiger partial charge in [-0.15, -0.1) is 11.6 Å². The number of halogens is 3. The summed E-state index contributed by atoms with van der Waals surface area (Å²) in [5.41, 5.74) is 2.23. The van der Waals surface area contributed by atoms with Gasteiger partial charge >= 0.3 is 0 Å². The van der Waals surface area contributed by atoms with E-state index in [0.29, 0.717) is 15.4 Å². The van der Waals surface area contributed by atoms with Gasteiger partial charge in [-0.3, -0.25) is 0 Å². The van der Waals surface area contributed by atoms with Crippen LogP contribution in [0.1, 0.15) is 16.7 Å². The fraction of sp³-hybridized carbons (Fsp3) is 0.200. The second kappa shape index (κ2) is 6.82. The molecule has 2 rings (SSSR count). The molecule has 0 amide bonds. The van der Waals surface area contributed by atoms with E-state index in [2.05, 4.69) is 0 Å². The molecular formula is C15H13ClF2Si. The van der Waals surface area contributed by atoms with E-state index in [4.69, 9.17) is 11.6 Å². The number of hydrogen-bond acceptors (Lipinski definition) is 0. The number of benzene rings is 2. The summed E-state index contributed by atoms with van der Waals surface area (Å²) in [7, 11) is 0.595. The Hall–Kier alpha value is -1.19. The maximum atomic E-state index is 13.0. The summed E-state index contributed by atoms with van der Waals surface area (Å²) in [5, 5.41) is 0. The lowest BCUT2D eigenvalue weighted by molar-refractivity contribution is 0.626. The predicted molar refractivity (Wildman–Crippen MR) is 75.9 cm³/mol. The maximum Gasteiger partial charge on any atom is 0.123 e. The average Bonchev–Trinajstić information content (AvgIpc) is 2.43. The second-order valence-corrected chi connectivity index (χ2v) is 6.04. The quantitative estimate of drug-likeness (QED) is 0.566. The van der Waals surface area contributed by atoms with Crippen LogP contribution in [0.25, 0.3) is 0 Å². The average molecular weight is 295 g/mol. The monoisotopic (exact) mass is 294 g/mol. The number of hydrogen-bond donors (Lipinski definition) is 0. The molecule has 0 fully saturated rings. The van der Waals surface area contributed by atoms with E-state index in [1.807, 2.05) is 0 Å². The van der Waals surface area contributed by atoms with Crippen molar-refractivity contribution >= 4 is 21.1 Å². The van der Waals surface area contributed by atoms with Gasteiger partial charge in [0.25, 0.3) is 0 Å². The van der Waals surface area contributed by atoms with E-state index in [0.717, 1.165) is 17.2 Å². The highest BCUT2D eigenvalue weighted by atomic mass is 35.5. The molecule has 0 saturated heterocycles. The summed E-state index contributed by atoms with van der Waals surface area (Å²) in [5.74, 6) is 0.0988. The first-order chi connectivity index (χ1) is 9.20. The van der Waals surface area contributed by atoms with Crippen LogP contribution in [0.3, 0.4) is 0 Å². The van der Waals surface area contributed by atoms with Crippen LogP contribution in [0.4, 0.5) is 8.78 Å². The molecule has 0 bridgehead atoms. The van der Waals surface area contributed by atoms with Gasteiger partial charge in [-0.1, -0.05) is 24.3 Å². The molecule has 0 spiro atoms. The second-order valence-electron chi connectivity index (χ2n) is 4.18. The highest BCUT2D eigenvalue weighted by Gasteiger charge is 2.14. The van der Waals surface area contributed by atoms with E-state index < -0.39 is 0 Å². The molecule has 0 heterocycles. The molecule has 2 radical (unpaired) electrons. The lowest BCUT2D eigenvalue weighted by atomic mass is 10.0. The fourth-order valence-electron chi connectivity index (χ4n) is 1.94. The van der Waals surface area contributed by atoms with Crippen molar-refractivity contribution in [3.8, 4) is 0 Å². The van der Waals surface area contributed by atoms with Gasteiger partial charge in [-0.25, -0.2) is 8.78 Å². The topological polar surface area (TPSA) is 0 Å². The third kappa shape index (κ3) is 3.88.